The third kappa shape index (κ3) is 3.79. The fraction of sp³-hybridized carbons (Fsp3) is 0.333. The fourth-order valence-electron chi connectivity index (χ4n) is 4.94. The molecule has 3 heterocycles. The van der Waals surface area contributed by atoms with Crippen LogP contribution in [-0.2, 0) is 18.3 Å². The van der Waals surface area contributed by atoms with E-state index in [4.69, 9.17) is 9.47 Å². The standard InChI is InChI=1S/C27H30N3O3.HI/c1-6-29-22-15-17(3)18(4)16-23(22)33-24(29)12-11-19-13-14-30-25-20(27(31)32-7-2)9-8-10-21(25)28(5)26(19)30;/h8-12,15-16H,6-7,13-14H2,1-5H3;1H/q+1;/p-1. The smallest absolute Gasteiger partial charge is 0.342 e. The van der Waals surface area contributed by atoms with Gasteiger partial charge in [-0.2, -0.15) is 0 Å². The molecule has 34 heavy (non-hydrogen) atoms. The molecule has 0 amide bonds. The quantitative estimate of drug-likeness (QED) is 0.273. The topological polar surface area (TPSA) is 47.6 Å². The second-order valence-corrected chi connectivity index (χ2v) is 8.63. The third-order valence-electron chi connectivity index (χ3n) is 6.70. The second kappa shape index (κ2) is 9.44. The number of ether oxygens (including phenoxy) is 2. The van der Waals surface area contributed by atoms with Crippen LogP contribution in [0, 0.1) is 13.8 Å². The minimum atomic E-state index is -0.273. The summed E-state index contributed by atoms with van der Waals surface area (Å²) in [5, 5.41) is 0. The molecule has 0 saturated carbocycles. The zero-order chi connectivity index (χ0) is 23.3. The molecule has 2 aliphatic rings. The van der Waals surface area contributed by atoms with E-state index in [0.29, 0.717) is 12.2 Å². The molecule has 2 aliphatic heterocycles. The Kier molecular flexibility index (Phi) is 6.75. The average Bonchev–Trinajstić information content (AvgIpc) is 3.45. The van der Waals surface area contributed by atoms with E-state index in [0.717, 1.165) is 53.7 Å². The highest BCUT2D eigenvalue weighted by atomic mass is 127. The number of para-hydroxylation sites is 1. The predicted octanol–water partition coefficient (Wildman–Crippen LogP) is 1.81. The first-order valence-corrected chi connectivity index (χ1v) is 11.6. The molecule has 6 nitrogen and oxygen atoms in total. The Labute approximate surface area is 217 Å². The van der Waals surface area contributed by atoms with Gasteiger partial charge in [-0.1, -0.05) is 6.07 Å². The number of halogens is 1. The van der Waals surface area contributed by atoms with E-state index in [9.17, 15) is 4.79 Å². The summed E-state index contributed by atoms with van der Waals surface area (Å²) < 4.78 is 15.9. The lowest BCUT2D eigenvalue weighted by Crippen LogP contribution is -3.00. The maximum atomic E-state index is 12.6. The zero-order valence-electron chi connectivity index (χ0n) is 20.3. The molecule has 0 fully saturated rings. The van der Waals surface area contributed by atoms with Gasteiger partial charge >= 0.3 is 5.97 Å². The van der Waals surface area contributed by atoms with Gasteiger partial charge in [0.25, 0.3) is 5.82 Å². The van der Waals surface area contributed by atoms with E-state index < -0.39 is 0 Å². The van der Waals surface area contributed by atoms with Crippen LogP contribution in [0.1, 0.15) is 47.6 Å². The molecule has 0 unspecified atom stereocenters. The first-order valence-electron chi connectivity index (χ1n) is 11.6. The van der Waals surface area contributed by atoms with Crippen LogP contribution in [0.2, 0.25) is 0 Å². The SMILES string of the molecule is CCOC(=O)c1cccc2c1[n+]1c(n2C)C(=CC=C2Oc3cc(C)c(C)cc3N2CC)CC1.[I-]. The molecular weight excluding hydrogens is 541 g/mol. The van der Waals surface area contributed by atoms with E-state index in [2.05, 4.69) is 72.2 Å². The number of anilines is 1. The van der Waals surface area contributed by atoms with Crippen LogP contribution in [0.5, 0.6) is 5.75 Å². The first-order chi connectivity index (χ1) is 15.9. The largest absolute Gasteiger partial charge is 1.00 e. The van der Waals surface area contributed by atoms with Crippen molar-refractivity contribution in [2.45, 2.75) is 40.7 Å². The van der Waals surface area contributed by atoms with Crippen LogP contribution in [0.4, 0.5) is 5.69 Å². The van der Waals surface area contributed by atoms with Gasteiger partial charge in [0.1, 0.15) is 5.56 Å². The van der Waals surface area contributed by atoms with Crippen LogP contribution >= 0.6 is 0 Å². The first kappa shape index (κ1) is 24.3. The molecule has 0 aliphatic carbocycles. The predicted molar refractivity (Wildman–Crippen MR) is 129 cm³/mol. The van der Waals surface area contributed by atoms with Crippen molar-refractivity contribution in [1.29, 1.82) is 0 Å². The summed E-state index contributed by atoms with van der Waals surface area (Å²) in [7, 11) is 2.06. The highest BCUT2D eigenvalue weighted by molar-refractivity contribution is 6.01. The van der Waals surface area contributed by atoms with Crippen molar-refractivity contribution in [2.24, 2.45) is 7.05 Å². The van der Waals surface area contributed by atoms with Crippen molar-refractivity contribution >= 4 is 28.3 Å². The van der Waals surface area contributed by atoms with Gasteiger partial charge in [-0.3, -0.25) is 0 Å². The summed E-state index contributed by atoms with van der Waals surface area (Å²) in [5.74, 6) is 2.60. The van der Waals surface area contributed by atoms with E-state index in [1.54, 1.807) is 0 Å². The highest BCUT2D eigenvalue weighted by Crippen LogP contribution is 2.41. The molecule has 5 rings (SSSR count). The number of carbonyl (C=O) groups is 1. The minimum Gasteiger partial charge on any atom is -1.00 e. The van der Waals surface area contributed by atoms with Gasteiger partial charge in [-0.25, -0.2) is 13.9 Å². The lowest BCUT2D eigenvalue weighted by molar-refractivity contribution is -0.664. The number of benzene rings is 2. The summed E-state index contributed by atoms with van der Waals surface area (Å²) >= 11 is 0. The van der Waals surface area contributed by atoms with E-state index >= 15 is 0 Å². The number of fused-ring (bicyclic) bond motifs is 4. The Morgan fingerprint density at radius 3 is 2.68 bits per heavy atom. The van der Waals surface area contributed by atoms with Crippen LogP contribution in [0.25, 0.3) is 16.6 Å². The number of imidazole rings is 1. The Morgan fingerprint density at radius 2 is 1.94 bits per heavy atom. The van der Waals surface area contributed by atoms with Crippen LogP contribution in [0.3, 0.4) is 0 Å². The Morgan fingerprint density at radius 1 is 1.18 bits per heavy atom. The van der Waals surface area contributed by atoms with Gasteiger partial charge < -0.3 is 38.4 Å². The Hall–Kier alpha value is -2.81. The average molecular weight is 571 g/mol. The van der Waals surface area contributed by atoms with E-state index in [1.165, 1.54) is 16.7 Å². The minimum absolute atomic E-state index is 0. The fourth-order valence-corrected chi connectivity index (χ4v) is 4.94. The van der Waals surface area contributed by atoms with Crippen LogP contribution < -0.4 is 38.2 Å². The van der Waals surface area contributed by atoms with Crippen LogP contribution in [0.15, 0.2) is 48.4 Å². The molecule has 178 valence electrons. The molecule has 0 spiro atoms. The Bertz CT molecular complexity index is 1350. The van der Waals surface area contributed by atoms with Crippen LogP contribution in [-0.4, -0.2) is 23.7 Å². The lowest BCUT2D eigenvalue weighted by Gasteiger charge is -2.15. The number of rotatable bonds is 4. The van der Waals surface area contributed by atoms with E-state index in [1.807, 2.05) is 19.1 Å². The number of aryl methyl sites for hydroxylation is 4. The Balaban J connectivity index is 0.00000274. The number of hydrogen-bond acceptors (Lipinski definition) is 4. The summed E-state index contributed by atoms with van der Waals surface area (Å²) in [6, 6.07) is 10.1. The second-order valence-electron chi connectivity index (χ2n) is 8.63. The molecule has 1 aromatic heterocycles. The summed E-state index contributed by atoms with van der Waals surface area (Å²) in [5.41, 5.74) is 7.42. The van der Waals surface area contributed by atoms with Gasteiger partial charge in [0, 0.05) is 18.5 Å². The lowest BCUT2D eigenvalue weighted by atomic mass is 10.1. The number of aromatic nitrogens is 2. The van der Waals surface area contributed by atoms with Gasteiger partial charge in [0.15, 0.2) is 16.8 Å². The number of esters is 1. The number of nitrogens with zero attached hydrogens (tertiary/aromatic N) is 3. The maximum absolute atomic E-state index is 12.6. The monoisotopic (exact) mass is 571 g/mol. The molecule has 0 bridgehead atoms. The molecule has 3 aromatic rings. The molecule has 0 radical (unpaired) electrons. The number of allylic oxidation sites excluding steroid dienone is 3. The molecule has 0 atom stereocenters. The van der Waals surface area contributed by atoms with Crippen molar-refractivity contribution in [3.05, 3.63) is 70.9 Å². The zero-order valence-corrected chi connectivity index (χ0v) is 22.5. The van der Waals surface area contributed by atoms with Crippen molar-refractivity contribution in [3.63, 3.8) is 0 Å². The van der Waals surface area contributed by atoms with Gasteiger partial charge in [0.05, 0.1) is 25.9 Å². The summed E-state index contributed by atoms with van der Waals surface area (Å²) in [6.07, 6.45) is 5.13. The third-order valence-corrected chi connectivity index (χ3v) is 6.70. The number of hydrogen-bond donors (Lipinski definition) is 0. The van der Waals surface area contributed by atoms with Gasteiger partial charge in [-0.05, 0) is 75.2 Å². The summed E-state index contributed by atoms with van der Waals surface area (Å²) in [4.78, 5) is 14.8. The normalized spacial score (nSPS) is 16.6. The van der Waals surface area contributed by atoms with Crippen molar-refractivity contribution in [2.75, 3.05) is 18.1 Å². The number of carbonyl (C=O) groups excluding carboxylic acids is 1. The highest BCUT2D eigenvalue weighted by Gasteiger charge is 2.34. The molecule has 0 N–H and O–H groups in total. The van der Waals surface area contributed by atoms with Crippen molar-refractivity contribution in [1.82, 2.24) is 4.57 Å². The van der Waals surface area contributed by atoms with Crippen molar-refractivity contribution < 1.29 is 42.8 Å². The molecular formula is C27H30IN3O3. The molecule has 0 saturated heterocycles. The summed E-state index contributed by atoms with van der Waals surface area (Å²) in [6.45, 7) is 10.2. The van der Waals surface area contributed by atoms with Gasteiger partial charge in [-0.15, -0.1) is 0 Å². The molecule has 7 heteroatoms. The molecule has 2 aromatic carbocycles. The van der Waals surface area contributed by atoms with Crippen molar-refractivity contribution in [3.8, 4) is 5.75 Å². The van der Waals surface area contributed by atoms with E-state index in [-0.39, 0.29) is 29.9 Å². The maximum Gasteiger partial charge on any atom is 0.342 e. The van der Waals surface area contributed by atoms with Gasteiger partial charge in [0.2, 0.25) is 5.88 Å².